The van der Waals surface area contributed by atoms with Gasteiger partial charge in [0.15, 0.2) is 0 Å². The molecule has 1 aromatic carbocycles. The molecule has 4 heteroatoms. The van der Waals surface area contributed by atoms with E-state index < -0.39 is 11.7 Å². The van der Waals surface area contributed by atoms with E-state index in [9.17, 15) is 4.79 Å². The van der Waals surface area contributed by atoms with Crippen LogP contribution in [0.5, 0.6) is 0 Å². The number of ether oxygens (including phenoxy) is 1. The summed E-state index contributed by atoms with van der Waals surface area (Å²) in [4.78, 5) is 12.0. The molecule has 1 aliphatic rings. The van der Waals surface area contributed by atoms with Crippen molar-refractivity contribution in [3.05, 3.63) is 24.3 Å². The first-order valence-corrected chi connectivity index (χ1v) is 8.60. The number of carbonyl (C=O) groups is 1. The molecular weight excluding hydrogens is 288 g/mol. The van der Waals surface area contributed by atoms with Crippen LogP contribution in [-0.4, -0.2) is 17.7 Å². The van der Waals surface area contributed by atoms with Crippen LogP contribution in [-0.2, 0) is 4.74 Å². The number of para-hydroxylation sites is 2. The van der Waals surface area contributed by atoms with Gasteiger partial charge in [-0.3, -0.25) is 5.32 Å². The van der Waals surface area contributed by atoms with Crippen LogP contribution in [0.1, 0.15) is 53.9 Å². The van der Waals surface area contributed by atoms with Crippen molar-refractivity contribution in [2.45, 2.75) is 65.5 Å². The van der Waals surface area contributed by atoms with Gasteiger partial charge in [0.05, 0.1) is 11.4 Å². The number of benzene rings is 1. The third-order valence-corrected chi connectivity index (χ3v) is 4.36. The van der Waals surface area contributed by atoms with Crippen molar-refractivity contribution in [2.75, 3.05) is 10.6 Å². The van der Waals surface area contributed by atoms with Crippen LogP contribution in [0.15, 0.2) is 24.3 Å². The first kappa shape index (κ1) is 17.6. The van der Waals surface area contributed by atoms with E-state index in [0.29, 0.717) is 12.0 Å². The van der Waals surface area contributed by atoms with Crippen LogP contribution in [0.2, 0.25) is 0 Å². The van der Waals surface area contributed by atoms with E-state index in [1.165, 1.54) is 19.3 Å². The smallest absolute Gasteiger partial charge is 0.412 e. The highest BCUT2D eigenvalue weighted by atomic mass is 16.6. The normalized spacial score (nSPS) is 24.8. The molecule has 1 aliphatic carbocycles. The van der Waals surface area contributed by atoms with Crippen molar-refractivity contribution in [1.29, 1.82) is 0 Å². The molecule has 1 amide bonds. The van der Waals surface area contributed by atoms with Crippen molar-refractivity contribution < 1.29 is 9.53 Å². The van der Waals surface area contributed by atoms with Crippen LogP contribution < -0.4 is 10.6 Å². The molecule has 4 nitrogen and oxygen atoms in total. The lowest BCUT2D eigenvalue weighted by Crippen LogP contribution is -2.34. The number of hydrogen-bond donors (Lipinski definition) is 2. The highest BCUT2D eigenvalue weighted by Crippen LogP contribution is 2.32. The third kappa shape index (κ3) is 5.45. The van der Waals surface area contributed by atoms with Gasteiger partial charge >= 0.3 is 6.09 Å². The molecule has 0 radical (unpaired) electrons. The maximum atomic E-state index is 12.0. The molecule has 0 spiro atoms. The molecule has 0 saturated heterocycles. The van der Waals surface area contributed by atoms with E-state index in [2.05, 4.69) is 24.5 Å². The number of hydrogen-bond acceptors (Lipinski definition) is 3. The Morgan fingerprint density at radius 1 is 1.13 bits per heavy atom. The molecule has 1 saturated carbocycles. The van der Waals surface area contributed by atoms with E-state index in [0.717, 1.165) is 17.3 Å². The number of anilines is 2. The van der Waals surface area contributed by atoms with Crippen molar-refractivity contribution in [2.24, 2.45) is 11.8 Å². The van der Waals surface area contributed by atoms with Gasteiger partial charge in [0.2, 0.25) is 0 Å². The van der Waals surface area contributed by atoms with Crippen molar-refractivity contribution >= 4 is 17.5 Å². The van der Waals surface area contributed by atoms with Crippen LogP contribution in [0, 0.1) is 11.8 Å². The zero-order valence-electron chi connectivity index (χ0n) is 15.0. The largest absolute Gasteiger partial charge is 0.444 e. The standard InChI is InChI=1S/C19H30N2O2/c1-13-10-11-14(2)17(12-13)20-15-8-6-7-9-16(15)21-18(22)23-19(3,4)5/h6-9,13-14,17,20H,10-12H2,1-5H3,(H,21,22). The van der Waals surface area contributed by atoms with Crippen LogP contribution >= 0.6 is 0 Å². The molecule has 0 bridgehead atoms. The average molecular weight is 318 g/mol. The van der Waals surface area contributed by atoms with Crippen LogP contribution in [0.4, 0.5) is 16.2 Å². The SMILES string of the molecule is CC1CCC(C)C(Nc2ccccc2NC(=O)OC(C)(C)C)C1. The zero-order valence-corrected chi connectivity index (χ0v) is 15.0. The molecule has 23 heavy (non-hydrogen) atoms. The lowest BCUT2D eigenvalue weighted by atomic mass is 9.80. The Morgan fingerprint density at radius 2 is 1.78 bits per heavy atom. The quantitative estimate of drug-likeness (QED) is 0.798. The van der Waals surface area contributed by atoms with Gasteiger partial charge in [-0.05, 0) is 57.6 Å². The molecule has 0 heterocycles. The predicted molar refractivity (Wildman–Crippen MR) is 95.9 cm³/mol. The molecule has 2 rings (SSSR count). The van der Waals surface area contributed by atoms with Crippen molar-refractivity contribution in [3.8, 4) is 0 Å². The number of nitrogens with one attached hydrogen (secondary N) is 2. The van der Waals surface area contributed by atoms with Crippen LogP contribution in [0.3, 0.4) is 0 Å². The van der Waals surface area contributed by atoms with E-state index >= 15 is 0 Å². The molecule has 3 unspecified atom stereocenters. The average Bonchev–Trinajstić information content (AvgIpc) is 2.43. The van der Waals surface area contributed by atoms with Gasteiger partial charge in [-0.15, -0.1) is 0 Å². The second-order valence-electron chi connectivity index (χ2n) is 7.82. The lowest BCUT2D eigenvalue weighted by molar-refractivity contribution is 0.0636. The van der Waals surface area contributed by atoms with Gasteiger partial charge in [-0.25, -0.2) is 4.79 Å². The second kappa shape index (κ2) is 7.24. The monoisotopic (exact) mass is 318 g/mol. The van der Waals surface area contributed by atoms with E-state index in [4.69, 9.17) is 4.74 Å². The second-order valence-corrected chi connectivity index (χ2v) is 7.82. The van der Waals surface area contributed by atoms with Gasteiger partial charge < -0.3 is 10.1 Å². The van der Waals surface area contributed by atoms with Gasteiger partial charge in [0, 0.05) is 6.04 Å². The predicted octanol–water partition coefficient (Wildman–Crippen LogP) is 5.27. The van der Waals surface area contributed by atoms with Crippen molar-refractivity contribution in [1.82, 2.24) is 0 Å². The number of carbonyl (C=O) groups excluding carboxylic acids is 1. The molecule has 1 aromatic rings. The summed E-state index contributed by atoms with van der Waals surface area (Å²) in [5.74, 6) is 1.38. The van der Waals surface area contributed by atoms with E-state index in [1.54, 1.807) is 0 Å². The molecule has 128 valence electrons. The molecule has 0 aromatic heterocycles. The highest BCUT2D eigenvalue weighted by Gasteiger charge is 2.26. The minimum absolute atomic E-state index is 0.420. The van der Waals surface area contributed by atoms with Gasteiger partial charge in [0.1, 0.15) is 5.60 Å². The summed E-state index contributed by atoms with van der Waals surface area (Å²) >= 11 is 0. The Kier molecular flexibility index (Phi) is 5.55. The summed E-state index contributed by atoms with van der Waals surface area (Å²) in [5.41, 5.74) is 1.23. The van der Waals surface area contributed by atoms with Crippen LogP contribution in [0.25, 0.3) is 0 Å². The lowest BCUT2D eigenvalue weighted by Gasteiger charge is -2.34. The zero-order chi connectivity index (χ0) is 17.0. The summed E-state index contributed by atoms with van der Waals surface area (Å²) < 4.78 is 5.35. The molecule has 0 aliphatic heterocycles. The Labute approximate surface area is 140 Å². The number of amides is 1. The maximum Gasteiger partial charge on any atom is 0.412 e. The molecule has 2 N–H and O–H groups in total. The molecule has 1 fully saturated rings. The summed E-state index contributed by atoms with van der Waals surface area (Å²) in [6, 6.07) is 8.27. The first-order valence-electron chi connectivity index (χ1n) is 8.60. The van der Waals surface area contributed by atoms with E-state index in [1.807, 2.05) is 45.0 Å². The topological polar surface area (TPSA) is 50.4 Å². The third-order valence-electron chi connectivity index (χ3n) is 4.36. The molecular formula is C19H30N2O2. The molecule has 3 atom stereocenters. The van der Waals surface area contributed by atoms with Gasteiger partial charge in [-0.2, -0.15) is 0 Å². The highest BCUT2D eigenvalue weighted by molar-refractivity contribution is 5.89. The minimum Gasteiger partial charge on any atom is -0.444 e. The summed E-state index contributed by atoms with van der Waals surface area (Å²) in [6.07, 6.45) is 3.30. The Balaban J connectivity index is 2.06. The van der Waals surface area contributed by atoms with E-state index in [-0.39, 0.29) is 0 Å². The fraction of sp³-hybridized carbons (Fsp3) is 0.632. The maximum absolute atomic E-state index is 12.0. The minimum atomic E-state index is -0.500. The summed E-state index contributed by atoms with van der Waals surface area (Å²) in [6.45, 7) is 10.2. The fourth-order valence-corrected chi connectivity index (χ4v) is 3.06. The Morgan fingerprint density at radius 3 is 2.43 bits per heavy atom. The summed E-state index contributed by atoms with van der Waals surface area (Å²) in [7, 11) is 0. The first-order chi connectivity index (χ1) is 10.7. The Hall–Kier alpha value is -1.71. The Bertz CT molecular complexity index is 536. The van der Waals surface area contributed by atoms with Crippen molar-refractivity contribution in [3.63, 3.8) is 0 Å². The number of rotatable bonds is 3. The van der Waals surface area contributed by atoms with Gasteiger partial charge in [0.25, 0.3) is 0 Å². The fourth-order valence-electron chi connectivity index (χ4n) is 3.06. The summed E-state index contributed by atoms with van der Waals surface area (Å²) in [5, 5.41) is 6.49. The van der Waals surface area contributed by atoms with Gasteiger partial charge in [-0.1, -0.05) is 32.4 Å².